The lowest BCUT2D eigenvalue weighted by molar-refractivity contribution is 0.0696. The number of aryl methyl sites for hydroxylation is 1. The number of benzene rings is 2. The molecule has 0 bridgehead atoms. The number of nitriles is 1. The van der Waals surface area contributed by atoms with Crippen LogP contribution in [0.25, 0.3) is 16.9 Å². The Morgan fingerprint density at radius 2 is 2.03 bits per heavy atom. The van der Waals surface area contributed by atoms with E-state index in [0.29, 0.717) is 45.3 Å². The number of imidazole rings is 1. The minimum atomic E-state index is -1.01. The number of carbonyl (C=O) groups is 1. The van der Waals surface area contributed by atoms with Gasteiger partial charge in [-0.2, -0.15) is 5.26 Å². The highest BCUT2D eigenvalue weighted by molar-refractivity contribution is 5.90. The number of fused-ring (bicyclic) bond motifs is 1. The van der Waals surface area contributed by atoms with Gasteiger partial charge in [0.1, 0.15) is 17.3 Å². The van der Waals surface area contributed by atoms with Gasteiger partial charge >= 0.3 is 5.97 Å². The van der Waals surface area contributed by atoms with Gasteiger partial charge in [-0.15, -0.1) is 0 Å². The smallest absolute Gasteiger partial charge is 0.335 e. The Hall–Kier alpha value is -4.65. The molecule has 2 aromatic heterocycles. The summed E-state index contributed by atoms with van der Waals surface area (Å²) in [6.45, 7) is 1.70. The highest BCUT2D eigenvalue weighted by atomic mass is 16.5. The number of carboxylic acid groups (broad SMARTS) is 1. The van der Waals surface area contributed by atoms with Crippen molar-refractivity contribution >= 4 is 23.1 Å². The average molecular weight is 433 g/mol. The number of nitrogens with one attached hydrogen (secondary N) is 2. The molecule has 0 spiro atoms. The molecule has 2 heterocycles. The summed E-state index contributed by atoms with van der Waals surface area (Å²) in [5.41, 5.74) is 3.07. The zero-order valence-corrected chi connectivity index (χ0v) is 17.4. The fourth-order valence-corrected chi connectivity index (χ4v) is 3.52. The van der Waals surface area contributed by atoms with E-state index in [-0.39, 0.29) is 17.1 Å². The predicted octanol–water partition coefficient (Wildman–Crippen LogP) is 3.67. The fourth-order valence-electron chi connectivity index (χ4n) is 3.52. The lowest BCUT2D eigenvalue weighted by atomic mass is 10.1. The van der Waals surface area contributed by atoms with Crippen LogP contribution in [0.5, 0.6) is 17.2 Å². The summed E-state index contributed by atoms with van der Waals surface area (Å²) in [5.74, 6) is -0.159. The second kappa shape index (κ2) is 7.88. The molecule has 10 heteroatoms. The topological polar surface area (TPSA) is 145 Å². The lowest BCUT2D eigenvalue weighted by Gasteiger charge is -2.13. The van der Waals surface area contributed by atoms with E-state index in [0.717, 1.165) is 0 Å². The quantitative estimate of drug-likeness (QED) is 0.360. The van der Waals surface area contributed by atoms with Gasteiger partial charge in [0.25, 0.3) is 0 Å². The standard InChI is InChI=1S/C22H19N5O5/c1-11-6-14(4-5-15(11)22(29)30)25-21-18(26-20-13(9-23)10-24-27(20)21)12-7-16(28)19(32-3)17(8-12)31-2/h4-8,10,24-25,28H,1-3H3,(H,29,30). The van der Waals surface area contributed by atoms with Crippen molar-refractivity contribution in [2.75, 3.05) is 19.5 Å². The largest absolute Gasteiger partial charge is 0.504 e. The number of rotatable bonds is 6. The minimum absolute atomic E-state index is 0.133. The number of carboxylic acids is 1. The van der Waals surface area contributed by atoms with Crippen LogP contribution >= 0.6 is 0 Å². The monoisotopic (exact) mass is 433 g/mol. The van der Waals surface area contributed by atoms with E-state index in [1.54, 1.807) is 29.6 Å². The maximum Gasteiger partial charge on any atom is 0.335 e. The van der Waals surface area contributed by atoms with Gasteiger partial charge in [-0.05, 0) is 42.8 Å². The van der Waals surface area contributed by atoms with Gasteiger partial charge in [0.15, 0.2) is 23.0 Å². The van der Waals surface area contributed by atoms with Crippen molar-refractivity contribution in [2.45, 2.75) is 6.92 Å². The Kier molecular flexibility index (Phi) is 5.08. The summed E-state index contributed by atoms with van der Waals surface area (Å²) in [4.78, 5) is 15.9. The number of ether oxygens (including phenoxy) is 2. The summed E-state index contributed by atoms with van der Waals surface area (Å²) in [7, 11) is 2.88. The second-order valence-electron chi connectivity index (χ2n) is 6.96. The van der Waals surface area contributed by atoms with Crippen molar-refractivity contribution in [1.29, 1.82) is 5.26 Å². The maximum absolute atomic E-state index is 11.3. The maximum atomic E-state index is 11.3. The first-order chi connectivity index (χ1) is 15.4. The van der Waals surface area contributed by atoms with Crippen molar-refractivity contribution in [3.8, 4) is 34.6 Å². The van der Waals surface area contributed by atoms with Gasteiger partial charge in [0.05, 0.1) is 19.8 Å². The summed E-state index contributed by atoms with van der Waals surface area (Å²) in [5, 5.41) is 35.3. The van der Waals surface area contributed by atoms with Crippen LogP contribution in [0.1, 0.15) is 21.5 Å². The second-order valence-corrected chi connectivity index (χ2v) is 6.96. The number of hydrogen-bond donors (Lipinski definition) is 4. The summed E-state index contributed by atoms with van der Waals surface area (Å²) >= 11 is 0. The first kappa shape index (κ1) is 20.6. The number of phenolic OH excluding ortho intramolecular Hbond substituents is 1. The van der Waals surface area contributed by atoms with Gasteiger partial charge < -0.3 is 25.0 Å². The molecule has 0 fully saturated rings. The van der Waals surface area contributed by atoms with E-state index in [9.17, 15) is 20.3 Å². The van der Waals surface area contributed by atoms with Crippen LogP contribution in [0.15, 0.2) is 36.5 Å². The van der Waals surface area contributed by atoms with Crippen molar-refractivity contribution in [3.05, 3.63) is 53.2 Å². The number of aromatic hydroxyl groups is 1. The molecule has 10 nitrogen and oxygen atoms in total. The van der Waals surface area contributed by atoms with Crippen LogP contribution in [0.2, 0.25) is 0 Å². The number of aromatic amines is 1. The molecule has 162 valence electrons. The fraction of sp³-hybridized carbons (Fsp3) is 0.136. The minimum Gasteiger partial charge on any atom is -0.504 e. The van der Waals surface area contributed by atoms with Crippen LogP contribution in [-0.4, -0.2) is 45.0 Å². The molecule has 0 saturated carbocycles. The molecule has 4 aromatic rings. The molecule has 0 aliphatic heterocycles. The van der Waals surface area contributed by atoms with E-state index >= 15 is 0 Å². The highest BCUT2D eigenvalue weighted by Crippen LogP contribution is 2.42. The average Bonchev–Trinajstić information content (AvgIpc) is 3.32. The number of anilines is 2. The van der Waals surface area contributed by atoms with Crippen molar-refractivity contribution in [3.63, 3.8) is 0 Å². The molecule has 4 rings (SSSR count). The highest BCUT2D eigenvalue weighted by Gasteiger charge is 2.22. The number of aromatic carboxylic acids is 1. The number of aromatic nitrogens is 3. The first-order valence-electron chi connectivity index (χ1n) is 9.44. The summed E-state index contributed by atoms with van der Waals surface area (Å²) in [6, 6.07) is 10.1. The van der Waals surface area contributed by atoms with E-state index in [1.807, 2.05) is 0 Å². The van der Waals surface area contributed by atoms with E-state index < -0.39 is 5.97 Å². The van der Waals surface area contributed by atoms with Crippen molar-refractivity contribution in [1.82, 2.24) is 14.6 Å². The van der Waals surface area contributed by atoms with Crippen LogP contribution in [0, 0.1) is 18.3 Å². The molecule has 0 unspecified atom stereocenters. The molecule has 0 atom stereocenters. The normalized spacial score (nSPS) is 10.7. The molecule has 2 aromatic carbocycles. The van der Waals surface area contributed by atoms with E-state index in [2.05, 4.69) is 21.5 Å². The zero-order valence-electron chi connectivity index (χ0n) is 17.4. The molecule has 0 amide bonds. The third kappa shape index (κ3) is 3.31. The molecule has 0 saturated heterocycles. The van der Waals surface area contributed by atoms with Crippen molar-refractivity contribution in [2.24, 2.45) is 0 Å². The van der Waals surface area contributed by atoms with Crippen molar-refractivity contribution < 1.29 is 24.5 Å². The zero-order chi connectivity index (χ0) is 23.0. The summed E-state index contributed by atoms with van der Waals surface area (Å²) < 4.78 is 12.1. The predicted molar refractivity (Wildman–Crippen MR) is 116 cm³/mol. The lowest BCUT2D eigenvalue weighted by Crippen LogP contribution is -2.02. The molecular weight excluding hydrogens is 414 g/mol. The number of nitrogens with zero attached hydrogens (tertiary/aromatic N) is 3. The Bertz CT molecular complexity index is 1400. The molecule has 0 aliphatic carbocycles. The molecule has 32 heavy (non-hydrogen) atoms. The van der Waals surface area contributed by atoms with Crippen LogP contribution < -0.4 is 14.8 Å². The van der Waals surface area contributed by atoms with Gasteiger partial charge in [0.2, 0.25) is 5.75 Å². The number of H-pyrrole nitrogens is 1. The Labute approximate surface area is 182 Å². The summed E-state index contributed by atoms with van der Waals surface area (Å²) in [6.07, 6.45) is 1.53. The number of methoxy groups -OCH3 is 2. The Morgan fingerprint density at radius 3 is 2.66 bits per heavy atom. The van der Waals surface area contributed by atoms with Gasteiger partial charge in [-0.3, -0.25) is 5.10 Å². The van der Waals surface area contributed by atoms with Crippen LogP contribution in [0.4, 0.5) is 11.5 Å². The third-order valence-electron chi connectivity index (χ3n) is 5.03. The third-order valence-corrected chi connectivity index (χ3v) is 5.03. The van der Waals surface area contributed by atoms with Crippen LogP contribution in [0.3, 0.4) is 0 Å². The molecule has 0 aliphatic rings. The van der Waals surface area contributed by atoms with Gasteiger partial charge in [-0.1, -0.05) is 0 Å². The van der Waals surface area contributed by atoms with E-state index in [4.69, 9.17) is 9.47 Å². The van der Waals surface area contributed by atoms with E-state index in [1.165, 1.54) is 32.5 Å². The molecule has 0 radical (unpaired) electrons. The Morgan fingerprint density at radius 1 is 1.25 bits per heavy atom. The molecular formula is C22H19N5O5. The van der Waals surface area contributed by atoms with Crippen LogP contribution in [-0.2, 0) is 0 Å². The van der Waals surface area contributed by atoms with Gasteiger partial charge in [0, 0.05) is 17.4 Å². The van der Waals surface area contributed by atoms with Gasteiger partial charge in [-0.25, -0.2) is 14.3 Å². The Balaban J connectivity index is 1.90. The molecule has 4 N–H and O–H groups in total. The first-order valence-corrected chi connectivity index (χ1v) is 9.44. The number of phenols is 1. The number of hydrogen-bond acceptors (Lipinski definition) is 7. The SMILES string of the molecule is COc1cc(-c2nc3c(C#N)c[nH]n3c2Nc2ccc(C(=O)O)c(C)c2)cc(O)c1OC.